The van der Waals surface area contributed by atoms with Crippen molar-refractivity contribution in [1.29, 1.82) is 0 Å². The highest BCUT2D eigenvalue weighted by Gasteiger charge is 2.25. The maximum absolute atomic E-state index is 12.0. The minimum Gasteiger partial charge on any atom is -0.482 e. The van der Waals surface area contributed by atoms with Crippen molar-refractivity contribution in [1.82, 2.24) is 0 Å². The van der Waals surface area contributed by atoms with Crippen LogP contribution in [0.15, 0.2) is 48.5 Å². The molecule has 5 nitrogen and oxygen atoms in total. The molecule has 0 unspecified atom stereocenters. The molecule has 5 heteroatoms. The summed E-state index contributed by atoms with van der Waals surface area (Å²) in [6.07, 6.45) is -1.11. The van der Waals surface area contributed by atoms with Gasteiger partial charge in [0.25, 0.3) is 0 Å². The van der Waals surface area contributed by atoms with E-state index in [1.807, 2.05) is 38.1 Å². The van der Waals surface area contributed by atoms with Gasteiger partial charge >= 0.3 is 11.9 Å². The maximum Gasteiger partial charge on any atom is 0.351 e. The van der Waals surface area contributed by atoms with E-state index in [0.29, 0.717) is 11.3 Å². The molecule has 2 aromatic carbocycles. The highest BCUT2D eigenvalue weighted by atomic mass is 16.6. The molecule has 0 amide bonds. The standard InChI is InChI=1S/C19H20O5/c1-13-9-14(2)11-16(10-13)23-12-17(20)24-18(19(21)22-3)15-7-5-4-6-8-15/h4-11,18H,12H2,1-3H3/t18-/m0/s1. The second-order valence-corrected chi connectivity index (χ2v) is 5.42. The van der Waals surface area contributed by atoms with Crippen LogP contribution in [0.2, 0.25) is 0 Å². The Morgan fingerprint density at radius 3 is 2.21 bits per heavy atom. The molecule has 0 aliphatic carbocycles. The van der Waals surface area contributed by atoms with E-state index in [4.69, 9.17) is 14.2 Å². The van der Waals surface area contributed by atoms with Crippen molar-refractivity contribution < 1.29 is 23.8 Å². The van der Waals surface area contributed by atoms with Gasteiger partial charge in [0.2, 0.25) is 6.10 Å². The van der Waals surface area contributed by atoms with Crippen LogP contribution < -0.4 is 4.74 Å². The van der Waals surface area contributed by atoms with Crippen LogP contribution in [0.3, 0.4) is 0 Å². The Morgan fingerprint density at radius 1 is 1.00 bits per heavy atom. The molecule has 2 aromatic rings. The number of aryl methyl sites for hydroxylation is 2. The zero-order valence-electron chi connectivity index (χ0n) is 13.9. The molecule has 0 heterocycles. The van der Waals surface area contributed by atoms with Crippen molar-refractivity contribution in [2.75, 3.05) is 13.7 Å². The molecule has 2 rings (SSSR count). The third-order valence-corrected chi connectivity index (χ3v) is 3.32. The number of esters is 2. The topological polar surface area (TPSA) is 61.8 Å². The molecule has 0 bridgehead atoms. The largest absolute Gasteiger partial charge is 0.482 e. The lowest BCUT2D eigenvalue weighted by Gasteiger charge is -2.16. The lowest BCUT2D eigenvalue weighted by molar-refractivity contribution is -0.167. The van der Waals surface area contributed by atoms with E-state index in [2.05, 4.69) is 0 Å². The highest BCUT2D eigenvalue weighted by Crippen LogP contribution is 2.20. The number of carbonyl (C=O) groups is 2. The van der Waals surface area contributed by atoms with Crippen LogP contribution in [0, 0.1) is 13.8 Å². The second kappa shape index (κ2) is 8.15. The number of rotatable bonds is 6. The Balaban J connectivity index is 2.01. The van der Waals surface area contributed by atoms with Crippen LogP contribution in [0.1, 0.15) is 22.8 Å². The van der Waals surface area contributed by atoms with Gasteiger partial charge in [-0.3, -0.25) is 0 Å². The third-order valence-electron chi connectivity index (χ3n) is 3.32. The number of carbonyl (C=O) groups excluding carboxylic acids is 2. The predicted octanol–water partition coefficient (Wildman–Crippen LogP) is 3.14. The van der Waals surface area contributed by atoms with Crippen LogP contribution in [-0.2, 0) is 19.1 Å². The molecule has 0 radical (unpaired) electrons. The lowest BCUT2D eigenvalue weighted by atomic mass is 10.1. The summed E-state index contributed by atoms with van der Waals surface area (Å²) < 4.78 is 15.4. The summed E-state index contributed by atoms with van der Waals surface area (Å²) >= 11 is 0. The van der Waals surface area contributed by atoms with Crippen LogP contribution in [0.25, 0.3) is 0 Å². The van der Waals surface area contributed by atoms with Gasteiger partial charge in [-0.25, -0.2) is 9.59 Å². The average molecular weight is 328 g/mol. The summed E-state index contributed by atoms with van der Waals surface area (Å²) in [5.41, 5.74) is 2.62. The molecule has 0 aromatic heterocycles. The SMILES string of the molecule is COC(=O)[C@@H](OC(=O)COc1cc(C)cc(C)c1)c1ccccc1. The van der Waals surface area contributed by atoms with Gasteiger partial charge < -0.3 is 14.2 Å². The first-order valence-electron chi connectivity index (χ1n) is 7.53. The van der Waals surface area contributed by atoms with Gasteiger partial charge in [0.05, 0.1) is 7.11 Å². The van der Waals surface area contributed by atoms with E-state index in [1.54, 1.807) is 24.3 Å². The summed E-state index contributed by atoms with van der Waals surface area (Å²) in [6, 6.07) is 14.4. The Hall–Kier alpha value is -2.82. The van der Waals surface area contributed by atoms with Gasteiger partial charge in [0, 0.05) is 5.56 Å². The molecular formula is C19H20O5. The van der Waals surface area contributed by atoms with Gasteiger partial charge in [0.15, 0.2) is 6.61 Å². The van der Waals surface area contributed by atoms with Crippen molar-refractivity contribution in [2.45, 2.75) is 20.0 Å². The van der Waals surface area contributed by atoms with Gasteiger partial charge in [-0.1, -0.05) is 36.4 Å². The Kier molecular flexibility index (Phi) is 5.95. The molecule has 0 N–H and O–H groups in total. The fraction of sp³-hybridized carbons (Fsp3) is 0.263. The molecule has 126 valence electrons. The normalized spacial score (nSPS) is 11.5. The van der Waals surface area contributed by atoms with Crippen LogP contribution >= 0.6 is 0 Å². The molecule has 0 spiro atoms. The van der Waals surface area contributed by atoms with Crippen LogP contribution in [0.5, 0.6) is 5.75 Å². The van der Waals surface area contributed by atoms with E-state index >= 15 is 0 Å². The van der Waals surface area contributed by atoms with Crippen LogP contribution in [-0.4, -0.2) is 25.7 Å². The number of methoxy groups -OCH3 is 1. The monoisotopic (exact) mass is 328 g/mol. The van der Waals surface area contributed by atoms with E-state index in [9.17, 15) is 9.59 Å². The van der Waals surface area contributed by atoms with Crippen molar-refractivity contribution in [2.24, 2.45) is 0 Å². The van der Waals surface area contributed by atoms with Gasteiger partial charge in [-0.2, -0.15) is 0 Å². The molecule has 0 saturated heterocycles. The Labute approximate surface area is 141 Å². The first-order valence-corrected chi connectivity index (χ1v) is 7.53. The summed E-state index contributed by atoms with van der Waals surface area (Å²) in [4.78, 5) is 23.9. The van der Waals surface area contributed by atoms with E-state index in [0.717, 1.165) is 11.1 Å². The molecule has 0 saturated carbocycles. The first kappa shape index (κ1) is 17.5. The number of ether oxygens (including phenoxy) is 3. The average Bonchev–Trinajstić information content (AvgIpc) is 2.57. The van der Waals surface area contributed by atoms with Gasteiger partial charge in [0.1, 0.15) is 5.75 Å². The maximum atomic E-state index is 12.0. The van der Waals surface area contributed by atoms with Gasteiger partial charge in [-0.05, 0) is 37.1 Å². The summed E-state index contributed by atoms with van der Waals surface area (Å²) in [6.45, 7) is 3.60. The Bertz CT molecular complexity index is 689. The minimum atomic E-state index is -1.11. The summed E-state index contributed by atoms with van der Waals surface area (Å²) in [7, 11) is 1.25. The molecule has 0 fully saturated rings. The van der Waals surface area contributed by atoms with Crippen molar-refractivity contribution in [3.8, 4) is 5.75 Å². The van der Waals surface area contributed by atoms with E-state index in [1.165, 1.54) is 7.11 Å². The number of hydrogen-bond donors (Lipinski definition) is 0. The molecule has 24 heavy (non-hydrogen) atoms. The first-order chi connectivity index (χ1) is 11.5. The highest BCUT2D eigenvalue weighted by molar-refractivity contribution is 5.81. The van der Waals surface area contributed by atoms with E-state index in [-0.39, 0.29) is 6.61 Å². The second-order valence-electron chi connectivity index (χ2n) is 5.42. The van der Waals surface area contributed by atoms with Crippen molar-refractivity contribution >= 4 is 11.9 Å². The molecule has 0 aliphatic heterocycles. The quantitative estimate of drug-likeness (QED) is 0.762. The summed E-state index contributed by atoms with van der Waals surface area (Å²) in [5.74, 6) is -0.701. The molecule has 1 atom stereocenters. The van der Waals surface area contributed by atoms with Crippen molar-refractivity contribution in [3.05, 3.63) is 65.2 Å². The van der Waals surface area contributed by atoms with Crippen LogP contribution in [0.4, 0.5) is 0 Å². The summed E-state index contributed by atoms with van der Waals surface area (Å²) in [5, 5.41) is 0. The minimum absolute atomic E-state index is 0.288. The third kappa shape index (κ3) is 4.84. The number of benzene rings is 2. The lowest BCUT2D eigenvalue weighted by Crippen LogP contribution is -2.24. The zero-order chi connectivity index (χ0) is 17.5. The van der Waals surface area contributed by atoms with E-state index < -0.39 is 18.0 Å². The fourth-order valence-corrected chi connectivity index (χ4v) is 2.31. The smallest absolute Gasteiger partial charge is 0.351 e. The zero-order valence-corrected chi connectivity index (χ0v) is 13.9. The molecule has 0 aliphatic rings. The predicted molar refractivity (Wildman–Crippen MR) is 88.7 cm³/mol. The molecular weight excluding hydrogens is 308 g/mol. The Morgan fingerprint density at radius 2 is 1.62 bits per heavy atom. The van der Waals surface area contributed by atoms with Crippen molar-refractivity contribution in [3.63, 3.8) is 0 Å². The van der Waals surface area contributed by atoms with Gasteiger partial charge in [-0.15, -0.1) is 0 Å². The fourth-order valence-electron chi connectivity index (χ4n) is 2.31. The number of hydrogen-bond acceptors (Lipinski definition) is 5.